The van der Waals surface area contributed by atoms with Gasteiger partial charge in [-0.05, 0) is 25.1 Å². The number of hydrogen-bond donors (Lipinski definition) is 2. The number of H-pyrrole nitrogens is 1. The Bertz CT molecular complexity index is 806. The Kier molecular flexibility index (Phi) is 2.45. The first-order chi connectivity index (χ1) is 9.15. The summed E-state index contributed by atoms with van der Waals surface area (Å²) in [6.45, 7) is 1.73. The average Bonchev–Trinajstić information content (AvgIpc) is 2.77. The predicted octanol–water partition coefficient (Wildman–Crippen LogP) is 1.22. The third-order valence-corrected chi connectivity index (χ3v) is 2.72. The van der Waals surface area contributed by atoms with E-state index < -0.39 is 5.69 Å². The Morgan fingerprint density at radius 3 is 3.00 bits per heavy atom. The highest BCUT2D eigenvalue weighted by molar-refractivity contribution is 5.44. The highest BCUT2D eigenvalue weighted by Crippen LogP contribution is 2.29. The number of phenolic OH excluding ortho intramolecular Hbond substituents is 1. The van der Waals surface area contributed by atoms with Crippen LogP contribution in [-0.4, -0.2) is 24.9 Å². The Labute approximate surface area is 107 Å². The number of rotatable bonds is 2. The topological polar surface area (TPSA) is 92.5 Å². The Balaban J connectivity index is 2.03. The molecule has 0 saturated carbocycles. The van der Waals surface area contributed by atoms with Crippen LogP contribution in [0.15, 0.2) is 35.1 Å². The zero-order chi connectivity index (χ0) is 13.4. The van der Waals surface area contributed by atoms with Crippen LogP contribution in [0.25, 0.3) is 5.65 Å². The van der Waals surface area contributed by atoms with E-state index in [0.29, 0.717) is 17.0 Å². The summed E-state index contributed by atoms with van der Waals surface area (Å²) in [5, 5.41) is 19.7. The van der Waals surface area contributed by atoms with Crippen molar-refractivity contribution in [3.63, 3.8) is 0 Å². The summed E-state index contributed by atoms with van der Waals surface area (Å²) < 4.78 is 6.65. The molecule has 0 amide bonds. The van der Waals surface area contributed by atoms with E-state index in [0.717, 1.165) is 4.52 Å². The molecule has 0 bridgehead atoms. The molecule has 0 saturated heterocycles. The molecule has 3 aromatic rings. The van der Waals surface area contributed by atoms with Crippen molar-refractivity contribution in [1.82, 2.24) is 19.8 Å². The Hall–Kier alpha value is -2.83. The number of aromatic nitrogens is 4. The van der Waals surface area contributed by atoms with Crippen LogP contribution < -0.4 is 10.4 Å². The molecule has 2 heterocycles. The first-order valence-electron chi connectivity index (χ1n) is 5.56. The van der Waals surface area contributed by atoms with Crippen LogP contribution in [-0.2, 0) is 0 Å². The van der Waals surface area contributed by atoms with Gasteiger partial charge >= 0.3 is 5.69 Å². The summed E-state index contributed by atoms with van der Waals surface area (Å²) in [6, 6.07) is 8.15. The monoisotopic (exact) mass is 258 g/mol. The maximum atomic E-state index is 11.4. The minimum absolute atomic E-state index is 0.138. The summed E-state index contributed by atoms with van der Waals surface area (Å²) in [4.78, 5) is 11.4. The lowest BCUT2D eigenvalue weighted by atomic mass is 10.2. The summed E-state index contributed by atoms with van der Waals surface area (Å²) in [7, 11) is 0. The first kappa shape index (κ1) is 11.3. The molecule has 0 aliphatic carbocycles. The molecule has 0 aliphatic heterocycles. The quantitative estimate of drug-likeness (QED) is 0.721. The largest absolute Gasteiger partial charge is 0.508 e. The van der Waals surface area contributed by atoms with E-state index >= 15 is 0 Å². The molecular weight excluding hydrogens is 248 g/mol. The van der Waals surface area contributed by atoms with Gasteiger partial charge in [0, 0.05) is 11.6 Å². The van der Waals surface area contributed by atoms with Crippen LogP contribution in [0.3, 0.4) is 0 Å². The maximum Gasteiger partial charge on any atom is 0.364 e. The number of fused-ring (bicyclic) bond motifs is 1. The lowest BCUT2D eigenvalue weighted by Gasteiger charge is -2.08. The molecule has 7 nitrogen and oxygen atoms in total. The fraction of sp³-hybridized carbons (Fsp3) is 0.0833. The Morgan fingerprint density at radius 1 is 1.32 bits per heavy atom. The van der Waals surface area contributed by atoms with Crippen LogP contribution in [0.5, 0.6) is 17.4 Å². The van der Waals surface area contributed by atoms with E-state index in [1.807, 2.05) is 0 Å². The lowest BCUT2D eigenvalue weighted by Crippen LogP contribution is -2.12. The van der Waals surface area contributed by atoms with Crippen molar-refractivity contribution in [3.8, 4) is 17.4 Å². The number of aromatic hydroxyl groups is 1. The van der Waals surface area contributed by atoms with Gasteiger partial charge in [-0.2, -0.15) is 9.61 Å². The van der Waals surface area contributed by atoms with Crippen molar-refractivity contribution >= 4 is 5.65 Å². The molecule has 0 fully saturated rings. The fourth-order valence-electron chi connectivity index (χ4n) is 1.67. The second kappa shape index (κ2) is 4.13. The molecule has 0 radical (unpaired) electrons. The number of benzene rings is 1. The van der Waals surface area contributed by atoms with Gasteiger partial charge in [0.2, 0.25) is 5.88 Å². The van der Waals surface area contributed by atoms with Crippen molar-refractivity contribution in [2.24, 2.45) is 0 Å². The third-order valence-electron chi connectivity index (χ3n) is 2.72. The molecule has 19 heavy (non-hydrogen) atoms. The van der Waals surface area contributed by atoms with Crippen molar-refractivity contribution in [3.05, 3.63) is 46.4 Å². The standard InChI is InChI=1S/C12H10N4O3/c1-7-8(17)3-2-4-9(7)19-11-6-5-10-13-14-12(18)16(10)15-11/h2-6,17H,1H3,(H,14,18). The van der Waals surface area contributed by atoms with Gasteiger partial charge in [-0.3, -0.25) is 0 Å². The molecular formula is C12H10N4O3. The first-order valence-corrected chi connectivity index (χ1v) is 5.56. The predicted molar refractivity (Wildman–Crippen MR) is 66.5 cm³/mol. The smallest absolute Gasteiger partial charge is 0.364 e. The number of phenols is 1. The number of aromatic amines is 1. The molecule has 0 atom stereocenters. The number of hydrogen-bond acceptors (Lipinski definition) is 5. The van der Waals surface area contributed by atoms with Gasteiger partial charge < -0.3 is 9.84 Å². The molecule has 96 valence electrons. The fourth-order valence-corrected chi connectivity index (χ4v) is 1.67. The van der Waals surface area contributed by atoms with E-state index in [9.17, 15) is 9.90 Å². The van der Waals surface area contributed by atoms with Crippen LogP contribution in [0.2, 0.25) is 0 Å². The second-order valence-electron chi connectivity index (χ2n) is 3.97. The van der Waals surface area contributed by atoms with E-state index in [-0.39, 0.29) is 11.6 Å². The third kappa shape index (κ3) is 1.90. The van der Waals surface area contributed by atoms with Gasteiger partial charge in [-0.1, -0.05) is 6.07 Å². The van der Waals surface area contributed by atoms with Crippen molar-refractivity contribution in [2.45, 2.75) is 6.92 Å². The van der Waals surface area contributed by atoms with E-state index in [1.54, 1.807) is 37.3 Å². The van der Waals surface area contributed by atoms with Crippen LogP contribution in [0.4, 0.5) is 0 Å². The lowest BCUT2D eigenvalue weighted by molar-refractivity contribution is 0.432. The molecule has 0 unspecified atom stereocenters. The van der Waals surface area contributed by atoms with Crippen LogP contribution in [0.1, 0.15) is 5.56 Å². The zero-order valence-electron chi connectivity index (χ0n) is 9.99. The number of nitrogens with one attached hydrogen (secondary N) is 1. The van der Waals surface area contributed by atoms with Gasteiger partial charge in [0.15, 0.2) is 5.65 Å². The van der Waals surface area contributed by atoms with Crippen molar-refractivity contribution in [1.29, 1.82) is 0 Å². The molecule has 1 aromatic carbocycles. The van der Waals surface area contributed by atoms with Crippen molar-refractivity contribution in [2.75, 3.05) is 0 Å². The molecule has 7 heteroatoms. The van der Waals surface area contributed by atoms with Gasteiger partial charge in [0.1, 0.15) is 11.5 Å². The molecule has 2 N–H and O–H groups in total. The highest BCUT2D eigenvalue weighted by Gasteiger charge is 2.08. The van der Waals surface area contributed by atoms with Gasteiger partial charge in [0.05, 0.1) is 0 Å². The Morgan fingerprint density at radius 2 is 2.16 bits per heavy atom. The van der Waals surface area contributed by atoms with E-state index in [1.165, 1.54) is 0 Å². The van der Waals surface area contributed by atoms with Crippen LogP contribution >= 0.6 is 0 Å². The maximum absolute atomic E-state index is 11.4. The minimum atomic E-state index is -0.437. The van der Waals surface area contributed by atoms with Gasteiger partial charge in [0.25, 0.3) is 0 Å². The number of ether oxygens (including phenoxy) is 1. The van der Waals surface area contributed by atoms with E-state index in [4.69, 9.17) is 4.74 Å². The normalized spacial score (nSPS) is 10.8. The molecule has 3 rings (SSSR count). The van der Waals surface area contributed by atoms with Gasteiger partial charge in [-0.15, -0.1) is 5.10 Å². The highest BCUT2D eigenvalue weighted by atomic mass is 16.5. The zero-order valence-corrected chi connectivity index (χ0v) is 9.99. The van der Waals surface area contributed by atoms with E-state index in [2.05, 4.69) is 15.3 Å². The molecule has 2 aromatic heterocycles. The number of nitrogens with zero attached hydrogens (tertiary/aromatic N) is 3. The molecule has 0 aliphatic rings. The molecule has 0 spiro atoms. The summed E-state index contributed by atoms with van der Waals surface area (Å²) in [5.41, 5.74) is 0.571. The SMILES string of the molecule is Cc1c(O)cccc1Oc1ccc2n[nH]c(=O)n2n1. The van der Waals surface area contributed by atoms with Crippen LogP contribution in [0, 0.1) is 6.92 Å². The summed E-state index contributed by atoms with van der Waals surface area (Å²) in [6.07, 6.45) is 0. The van der Waals surface area contributed by atoms with Gasteiger partial charge in [-0.25, -0.2) is 9.89 Å². The van der Waals surface area contributed by atoms with Crippen molar-refractivity contribution < 1.29 is 9.84 Å². The summed E-state index contributed by atoms with van der Waals surface area (Å²) in [5.74, 6) is 0.854. The second-order valence-corrected chi connectivity index (χ2v) is 3.97. The minimum Gasteiger partial charge on any atom is -0.508 e. The summed E-state index contributed by atoms with van der Waals surface area (Å²) >= 11 is 0. The average molecular weight is 258 g/mol.